The van der Waals surface area contributed by atoms with E-state index in [-0.39, 0.29) is 0 Å². The number of hydrogen-bond donors (Lipinski definition) is 0. The fourth-order valence-electron chi connectivity index (χ4n) is 2.96. The molecule has 2 heteroatoms. The minimum absolute atomic E-state index is 0.475. The summed E-state index contributed by atoms with van der Waals surface area (Å²) in [4.78, 5) is 5.16. The fourth-order valence-corrected chi connectivity index (χ4v) is 2.96. The Kier molecular flexibility index (Phi) is 5.09. The highest BCUT2D eigenvalue weighted by Gasteiger charge is 2.18. The van der Waals surface area contributed by atoms with Gasteiger partial charge < -0.3 is 4.90 Å². The van der Waals surface area contributed by atoms with Crippen LogP contribution < -0.4 is 4.90 Å². The highest BCUT2D eigenvalue weighted by atomic mass is 15.3. The quantitative estimate of drug-likeness (QED) is 0.820. The highest BCUT2D eigenvalue weighted by Crippen LogP contribution is 2.22. The predicted molar refractivity (Wildman–Crippen MR) is 88.5 cm³/mol. The molecule has 1 aromatic carbocycles. The molecule has 2 rings (SSSR count). The number of benzene rings is 1. The van der Waals surface area contributed by atoms with E-state index in [1.54, 1.807) is 0 Å². The average molecular weight is 274 g/mol. The summed E-state index contributed by atoms with van der Waals surface area (Å²) in [6.07, 6.45) is 2.65. The fraction of sp³-hybridized carbons (Fsp3) is 0.667. The Labute approximate surface area is 124 Å². The third-order valence-corrected chi connectivity index (χ3v) is 4.23. The Morgan fingerprint density at radius 1 is 1.00 bits per heavy atom. The van der Waals surface area contributed by atoms with Crippen molar-refractivity contribution in [2.24, 2.45) is 5.41 Å². The van der Waals surface area contributed by atoms with Gasteiger partial charge in [-0.05, 0) is 43.4 Å². The van der Waals surface area contributed by atoms with Crippen LogP contribution in [0.1, 0.15) is 39.2 Å². The summed E-state index contributed by atoms with van der Waals surface area (Å²) in [5.41, 5.74) is 3.29. The zero-order chi connectivity index (χ0) is 14.6. The average Bonchev–Trinajstić information content (AvgIpc) is 2.39. The second kappa shape index (κ2) is 6.62. The molecule has 0 atom stereocenters. The smallest absolute Gasteiger partial charge is 0.0396 e. The lowest BCUT2D eigenvalue weighted by Crippen LogP contribution is -2.46. The van der Waals surface area contributed by atoms with Gasteiger partial charge in [-0.3, -0.25) is 4.90 Å². The van der Waals surface area contributed by atoms with E-state index in [0.29, 0.717) is 5.41 Å². The van der Waals surface area contributed by atoms with Crippen molar-refractivity contribution in [3.63, 3.8) is 0 Å². The van der Waals surface area contributed by atoms with Crippen molar-refractivity contribution in [3.8, 4) is 0 Å². The van der Waals surface area contributed by atoms with Gasteiger partial charge in [0.25, 0.3) is 0 Å². The van der Waals surface area contributed by atoms with Crippen molar-refractivity contribution in [2.75, 3.05) is 37.6 Å². The largest absolute Gasteiger partial charge is 0.369 e. The molecule has 0 aromatic heterocycles. The first-order valence-electron chi connectivity index (χ1n) is 7.99. The van der Waals surface area contributed by atoms with E-state index >= 15 is 0 Å². The number of nitrogens with zero attached hydrogens (tertiary/aromatic N) is 2. The number of para-hydroxylation sites is 1. The molecule has 0 saturated carbocycles. The molecule has 1 aromatic rings. The van der Waals surface area contributed by atoms with Crippen LogP contribution in [0, 0.1) is 12.3 Å². The first-order chi connectivity index (χ1) is 9.46. The second-order valence-electron chi connectivity index (χ2n) is 7.28. The van der Waals surface area contributed by atoms with Gasteiger partial charge in [-0.1, -0.05) is 39.0 Å². The van der Waals surface area contributed by atoms with Gasteiger partial charge in [0.2, 0.25) is 0 Å². The summed E-state index contributed by atoms with van der Waals surface area (Å²) in [7, 11) is 0. The summed E-state index contributed by atoms with van der Waals surface area (Å²) >= 11 is 0. The maximum atomic E-state index is 2.63. The molecule has 0 radical (unpaired) electrons. The third-order valence-electron chi connectivity index (χ3n) is 4.23. The van der Waals surface area contributed by atoms with Crippen molar-refractivity contribution in [3.05, 3.63) is 29.8 Å². The molecule has 0 bridgehead atoms. The molecule has 0 aliphatic carbocycles. The van der Waals surface area contributed by atoms with E-state index in [1.807, 2.05) is 0 Å². The molecule has 0 unspecified atom stereocenters. The minimum atomic E-state index is 0.475. The lowest BCUT2D eigenvalue weighted by Gasteiger charge is -2.37. The predicted octanol–water partition coefficient (Wildman–Crippen LogP) is 3.94. The van der Waals surface area contributed by atoms with E-state index in [4.69, 9.17) is 0 Å². The SMILES string of the molecule is Cc1ccccc1N1CCN(CCCC(C)(C)C)CC1. The first kappa shape index (κ1) is 15.4. The number of piperazine rings is 1. The standard InChI is InChI=1S/C18H30N2/c1-16-8-5-6-9-17(16)20-14-12-19(13-15-20)11-7-10-18(2,3)4/h5-6,8-9H,7,10-15H2,1-4H3. The molecule has 1 fully saturated rings. The second-order valence-corrected chi connectivity index (χ2v) is 7.28. The van der Waals surface area contributed by atoms with E-state index in [2.05, 4.69) is 61.8 Å². The number of hydrogen-bond acceptors (Lipinski definition) is 2. The molecular formula is C18H30N2. The van der Waals surface area contributed by atoms with Gasteiger partial charge in [-0.25, -0.2) is 0 Å². The Hall–Kier alpha value is -1.02. The summed E-state index contributed by atoms with van der Waals surface area (Å²) in [5, 5.41) is 0. The maximum absolute atomic E-state index is 2.63. The molecule has 0 spiro atoms. The van der Waals surface area contributed by atoms with Gasteiger partial charge in [-0.15, -0.1) is 0 Å². The maximum Gasteiger partial charge on any atom is 0.0396 e. The van der Waals surface area contributed by atoms with Crippen LogP contribution in [0.25, 0.3) is 0 Å². The molecule has 1 aliphatic heterocycles. The van der Waals surface area contributed by atoms with Crippen molar-refractivity contribution in [2.45, 2.75) is 40.5 Å². The van der Waals surface area contributed by atoms with E-state index in [1.165, 1.54) is 56.8 Å². The number of aryl methyl sites for hydroxylation is 1. The van der Waals surface area contributed by atoms with E-state index in [9.17, 15) is 0 Å². The first-order valence-corrected chi connectivity index (χ1v) is 7.99. The Morgan fingerprint density at radius 2 is 1.65 bits per heavy atom. The van der Waals surface area contributed by atoms with Crippen LogP contribution in [0.5, 0.6) is 0 Å². The summed E-state index contributed by atoms with van der Waals surface area (Å²) < 4.78 is 0. The van der Waals surface area contributed by atoms with Crippen molar-refractivity contribution < 1.29 is 0 Å². The summed E-state index contributed by atoms with van der Waals surface area (Å²) in [5.74, 6) is 0. The minimum Gasteiger partial charge on any atom is -0.369 e. The number of anilines is 1. The molecule has 0 N–H and O–H groups in total. The zero-order valence-corrected chi connectivity index (χ0v) is 13.7. The van der Waals surface area contributed by atoms with Gasteiger partial charge in [-0.2, -0.15) is 0 Å². The molecule has 1 aliphatic rings. The number of rotatable bonds is 4. The molecule has 0 amide bonds. The zero-order valence-electron chi connectivity index (χ0n) is 13.7. The van der Waals surface area contributed by atoms with E-state index < -0.39 is 0 Å². The van der Waals surface area contributed by atoms with Gasteiger partial charge in [0.05, 0.1) is 0 Å². The normalized spacial score (nSPS) is 17.5. The van der Waals surface area contributed by atoms with Crippen molar-refractivity contribution >= 4 is 5.69 Å². The molecular weight excluding hydrogens is 244 g/mol. The van der Waals surface area contributed by atoms with E-state index in [0.717, 1.165) is 0 Å². The van der Waals surface area contributed by atoms with Gasteiger partial charge in [0.1, 0.15) is 0 Å². The molecule has 1 heterocycles. The Morgan fingerprint density at radius 3 is 2.25 bits per heavy atom. The van der Waals surface area contributed by atoms with Crippen LogP contribution in [-0.2, 0) is 0 Å². The molecule has 1 saturated heterocycles. The molecule has 2 nitrogen and oxygen atoms in total. The molecule has 20 heavy (non-hydrogen) atoms. The highest BCUT2D eigenvalue weighted by molar-refractivity contribution is 5.53. The van der Waals surface area contributed by atoms with Gasteiger partial charge in [0.15, 0.2) is 0 Å². The van der Waals surface area contributed by atoms with Crippen LogP contribution in [0.2, 0.25) is 0 Å². The van der Waals surface area contributed by atoms with Crippen LogP contribution in [0.4, 0.5) is 5.69 Å². The van der Waals surface area contributed by atoms with Crippen LogP contribution in [0.15, 0.2) is 24.3 Å². The van der Waals surface area contributed by atoms with Gasteiger partial charge >= 0.3 is 0 Å². The van der Waals surface area contributed by atoms with Crippen molar-refractivity contribution in [1.82, 2.24) is 4.90 Å². The Balaban J connectivity index is 1.77. The third kappa shape index (κ3) is 4.52. The lowest BCUT2D eigenvalue weighted by molar-refractivity contribution is 0.236. The lowest BCUT2D eigenvalue weighted by atomic mass is 9.90. The van der Waals surface area contributed by atoms with Crippen LogP contribution >= 0.6 is 0 Å². The summed E-state index contributed by atoms with van der Waals surface area (Å²) in [6, 6.07) is 8.75. The van der Waals surface area contributed by atoms with Gasteiger partial charge in [0, 0.05) is 31.9 Å². The topological polar surface area (TPSA) is 6.48 Å². The van der Waals surface area contributed by atoms with Crippen molar-refractivity contribution in [1.29, 1.82) is 0 Å². The van der Waals surface area contributed by atoms with Crippen LogP contribution in [0.3, 0.4) is 0 Å². The van der Waals surface area contributed by atoms with Crippen LogP contribution in [-0.4, -0.2) is 37.6 Å². The molecule has 112 valence electrons. The monoisotopic (exact) mass is 274 g/mol. The summed E-state index contributed by atoms with van der Waals surface area (Å²) in [6.45, 7) is 15.2. The Bertz CT molecular complexity index is 412.